The van der Waals surface area contributed by atoms with Gasteiger partial charge in [0.05, 0.1) is 18.2 Å². The molecule has 7 heteroatoms. The van der Waals surface area contributed by atoms with Crippen molar-refractivity contribution in [2.24, 2.45) is 0 Å². The molecule has 2 unspecified atom stereocenters. The normalized spacial score (nSPS) is 29.4. The van der Waals surface area contributed by atoms with Crippen molar-refractivity contribution in [2.45, 2.75) is 62.6 Å². The zero-order valence-corrected chi connectivity index (χ0v) is 15.5. The first-order valence-corrected chi connectivity index (χ1v) is 9.59. The molecular formula is C20H25N3O4. The third kappa shape index (κ3) is 3.32. The van der Waals surface area contributed by atoms with Crippen LogP contribution in [0.5, 0.6) is 0 Å². The SMILES string of the molecule is CC1(c2ccc(C(=O)NC3COC4(CCCCC4)C3)cc2)NC(=O)NC1=O. The third-order valence-electron chi connectivity index (χ3n) is 6.08. The largest absolute Gasteiger partial charge is 0.373 e. The van der Waals surface area contributed by atoms with E-state index < -0.39 is 17.5 Å². The van der Waals surface area contributed by atoms with Gasteiger partial charge in [-0.25, -0.2) is 4.79 Å². The van der Waals surface area contributed by atoms with E-state index in [2.05, 4.69) is 16.0 Å². The summed E-state index contributed by atoms with van der Waals surface area (Å²) in [5, 5.41) is 7.93. The van der Waals surface area contributed by atoms with Gasteiger partial charge in [-0.2, -0.15) is 0 Å². The molecule has 4 amide bonds. The Bertz CT molecular complexity index is 770. The molecule has 3 aliphatic rings. The van der Waals surface area contributed by atoms with Crippen molar-refractivity contribution in [1.82, 2.24) is 16.0 Å². The minimum Gasteiger partial charge on any atom is -0.373 e. The maximum Gasteiger partial charge on any atom is 0.322 e. The highest BCUT2D eigenvalue weighted by molar-refractivity contribution is 6.07. The lowest BCUT2D eigenvalue weighted by Gasteiger charge is -2.32. The predicted molar refractivity (Wildman–Crippen MR) is 98.1 cm³/mol. The van der Waals surface area contributed by atoms with E-state index in [0.717, 1.165) is 19.3 Å². The number of ether oxygens (including phenoxy) is 1. The second-order valence-corrected chi connectivity index (χ2v) is 8.04. The van der Waals surface area contributed by atoms with Crippen molar-refractivity contribution in [3.8, 4) is 0 Å². The zero-order chi connectivity index (χ0) is 19.1. The fourth-order valence-electron chi connectivity index (χ4n) is 4.45. The van der Waals surface area contributed by atoms with Crippen molar-refractivity contribution < 1.29 is 19.1 Å². The summed E-state index contributed by atoms with van der Waals surface area (Å²) in [6.07, 6.45) is 6.71. The molecular weight excluding hydrogens is 346 g/mol. The van der Waals surface area contributed by atoms with Gasteiger partial charge in [0.15, 0.2) is 0 Å². The van der Waals surface area contributed by atoms with Crippen molar-refractivity contribution in [2.75, 3.05) is 6.61 Å². The van der Waals surface area contributed by atoms with Gasteiger partial charge >= 0.3 is 6.03 Å². The quantitative estimate of drug-likeness (QED) is 0.708. The average molecular weight is 371 g/mol. The molecule has 1 aromatic rings. The summed E-state index contributed by atoms with van der Waals surface area (Å²) in [5.41, 5.74) is 0.00553. The van der Waals surface area contributed by atoms with E-state index in [9.17, 15) is 14.4 Å². The molecule has 2 atom stereocenters. The molecule has 3 N–H and O–H groups in total. The summed E-state index contributed by atoms with van der Waals surface area (Å²) in [4.78, 5) is 36.0. The number of urea groups is 1. The molecule has 0 radical (unpaired) electrons. The third-order valence-corrected chi connectivity index (χ3v) is 6.08. The predicted octanol–water partition coefficient (Wildman–Crippen LogP) is 1.96. The van der Waals surface area contributed by atoms with Crippen LogP contribution in [0, 0.1) is 0 Å². The highest BCUT2D eigenvalue weighted by atomic mass is 16.5. The van der Waals surface area contributed by atoms with Crippen LogP contribution in [0.15, 0.2) is 24.3 Å². The standard InChI is InChI=1S/C20H25N3O4/c1-19(17(25)22-18(26)23-19)14-7-5-13(6-8-14)16(24)21-15-11-20(27-12-15)9-3-2-4-10-20/h5-8,15H,2-4,9-12H2,1H3,(H,21,24)(H2,22,23,25,26). The molecule has 0 bridgehead atoms. The summed E-state index contributed by atoms with van der Waals surface area (Å²) in [5.74, 6) is -0.543. The van der Waals surface area contributed by atoms with Crippen LogP contribution in [0.3, 0.4) is 0 Å². The van der Waals surface area contributed by atoms with Crippen LogP contribution < -0.4 is 16.0 Å². The number of imide groups is 1. The number of amides is 4. The second kappa shape index (κ2) is 6.64. The number of carbonyl (C=O) groups excluding carboxylic acids is 3. The van der Waals surface area contributed by atoms with E-state index >= 15 is 0 Å². The van der Waals surface area contributed by atoms with Gasteiger partial charge in [0.25, 0.3) is 11.8 Å². The molecule has 144 valence electrons. The average Bonchev–Trinajstić information content (AvgIpc) is 3.16. The van der Waals surface area contributed by atoms with Crippen LogP contribution in [0.25, 0.3) is 0 Å². The Morgan fingerprint density at radius 1 is 1.15 bits per heavy atom. The van der Waals surface area contributed by atoms with Gasteiger partial charge in [0.1, 0.15) is 5.54 Å². The first kappa shape index (κ1) is 18.0. The molecule has 1 saturated carbocycles. The van der Waals surface area contributed by atoms with Gasteiger partial charge in [-0.3, -0.25) is 14.9 Å². The minimum atomic E-state index is -1.11. The van der Waals surface area contributed by atoms with E-state index in [1.807, 2.05) is 0 Å². The van der Waals surface area contributed by atoms with Crippen LogP contribution in [0.1, 0.15) is 61.4 Å². The number of nitrogens with one attached hydrogen (secondary N) is 3. The van der Waals surface area contributed by atoms with Gasteiger partial charge in [0.2, 0.25) is 0 Å². The lowest BCUT2D eigenvalue weighted by Crippen LogP contribution is -2.40. The monoisotopic (exact) mass is 371 g/mol. The van der Waals surface area contributed by atoms with E-state index in [-0.39, 0.29) is 17.6 Å². The highest BCUT2D eigenvalue weighted by Crippen LogP contribution is 2.39. The first-order valence-electron chi connectivity index (χ1n) is 9.59. The fraction of sp³-hybridized carbons (Fsp3) is 0.550. The Balaban J connectivity index is 1.40. The lowest BCUT2D eigenvalue weighted by molar-refractivity contribution is -0.123. The molecule has 1 aromatic carbocycles. The van der Waals surface area contributed by atoms with Gasteiger partial charge < -0.3 is 15.4 Å². The molecule has 4 rings (SSSR count). The molecule has 3 fully saturated rings. The van der Waals surface area contributed by atoms with E-state index in [0.29, 0.717) is 17.7 Å². The van der Waals surface area contributed by atoms with Crippen LogP contribution in [0.2, 0.25) is 0 Å². The molecule has 2 aliphatic heterocycles. The van der Waals surface area contributed by atoms with Crippen molar-refractivity contribution in [3.05, 3.63) is 35.4 Å². The highest BCUT2D eigenvalue weighted by Gasteiger charge is 2.44. The smallest absolute Gasteiger partial charge is 0.322 e. The Kier molecular flexibility index (Phi) is 4.42. The van der Waals surface area contributed by atoms with Gasteiger partial charge in [-0.05, 0) is 43.9 Å². The topological polar surface area (TPSA) is 96.5 Å². The Morgan fingerprint density at radius 3 is 2.48 bits per heavy atom. The lowest BCUT2D eigenvalue weighted by atomic mass is 9.82. The molecule has 27 heavy (non-hydrogen) atoms. The number of hydrogen-bond acceptors (Lipinski definition) is 4. The maximum absolute atomic E-state index is 12.6. The second-order valence-electron chi connectivity index (χ2n) is 8.04. The number of rotatable bonds is 3. The van der Waals surface area contributed by atoms with Gasteiger partial charge in [0, 0.05) is 5.56 Å². The molecule has 1 spiro atoms. The van der Waals surface area contributed by atoms with E-state index in [4.69, 9.17) is 4.74 Å². The van der Waals surface area contributed by atoms with Crippen LogP contribution in [-0.2, 0) is 15.1 Å². The Morgan fingerprint density at radius 2 is 1.85 bits per heavy atom. The summed E-state index contributed by atoms with van der Waals surface area (Å²) in [7, 11) is 0. The van der Waals surface area contributed by atoms with Crippen LogP contribution in [0.4, 0.5) is 4.79 Å². The fourth-order valence-corrected chi connectivity index (χ4v) is 4.45. The summed E-state index contributed by atoms with van der Waals surface area (Å²) in [6.45, 7) is 2.20. The zero-order valence-electron chi connectivity index (χ0n) is 15.5. The maximum atomic E-state index is 12.6. The summed E-state index contributed by atoms with van der Waals surface area (Å²) >= 11 is 0. The number of benzene rings is 1. The Labute approximate surface area is 158 Å². The van der Waals surface area contributed by atoms with Crippen LogP contribution in [-0.4, -0.2) is 36.1 Å². The van der Waals surface area contributed by atoms with Crippen LogP contribution >= 0.6 is 0 Å². The van der Waals surface area contributed by atoms with Crippen molar-refractivity contribution in [3.63, 3.8) is 0 Å². The number of hydrogen-bond donors (Lipinski definition) is 3. The van der Waals surface area contributed by atoms with Gasteiger partial charge in [-0.1, -0.05) is 31.4 Å². The molecule has 2 heterocycles. The summed E-state index contributed by atoms with van der Waals surface area (Å²) in [6, 6.07) is 6.29. The van der Waals surface area contributed by atoms with E-state index in [1.54, 1.807) is 31.2 Å². The van der Waals surface area contributed by atoms with E-state index in [1.165, 1.54) is 19.3 Å². The molecule has 2 saturated heterocycles. The number of carbonyl (C=O) groups is 3. The van der Waals surface area contributed by atoms with Crippen molar-refractivity contribution >= 4 is 17.8 Å². The Hall–Kier alpha value is -2.41. The van der Waals surface area contributed by atoms with Gasteiger partial charge in [-0.15, -0.1) is 0 Å². The minimum absolute atomic E-state index is 0.0349. The molecule has 0 aromatic heterocycles. The molecule has 7 nitrogen and oxygen atoms in total. The summed E-state index contributed by atoms with van der Waals surface area (Å²) < 4.78 is 6.05. The molecule has 1 aliphatic carbocycles. The first-order chi connectivity index (χ1) is 12.9. The van der Waals surface area contributed by atoms with Crippen molar-refractivity contribution in [1.29, 1.82) is 0 Å².